The molecule has 0 spiro atoms. The van der Waals surface area contributed by atoms with E-state index in [-0.39, 0.29) is 154 Å². The maximum atomic E-state index is 10.3. The summed E-state index contributed by atoms with van der Waals surface area (Å²) in [5.74, 6) is -3.86. The fourth-order valence-corrected chi connectivity index (χ4v) is 0.923. The van der Waals surface area contributed by atoms with Gasteiger partial charge in [0.2, 0.25) is 0 Å². The van der Waals surface area contributed by atoms with Crippen LogP contribution in [0.25, 0.3) is 0 Å². The molecule has 0 aromatic heterocycles. The first-order chi connectivity index (χ1) is 5.78. The normalized spacial score (nSPS) is 11.8. The van der Waals surface area contributed by atoms with Crippen LogP contribution in [0.15, 0.2) is 0 Å². The summed E-state index contributed by atoms with van der Waals surface area (Å²) in [6, 6.07) is 0. The predicted molar refractivity (Wildman–Crippen MR) is 36.8 cm³/mol. The molecule has 1 N–H and O–H groups in total. The van der Waals surface area contributed by atoms with Gasteiger partial charge in [-0.05, 0) is 0 Å². The molecule has 0 rings (SSSR count). The van der Waals surface area contributed by atoms with E-state index in [4.69, 9.17) is 5.11 Å². The van der Waals surface area contributed by atoms with Crippen molar-refractivity contribution in [3.63, 3.8) is 0 Å². The molecule has 16 heavy (non-hydrogen) atoms. The fraction of sp³-hybridized carbons (Fsp3) is 0.500. The molecule has 0 amide bonds. The van der Waals surface area contributed by atoms with E-state index in [0.717, 1.165) is 0 Å². The summed E-state index contributed by atoms with van der Waals surface area (Å²) in [7, 11) is 0. The zero-order chi connectivity index (χ0) is 10.6. The van der Waals surface area contributed by atoms with Crippen LogP contribution in [0.3, 0.4) is 0 Å². The minimum absolute atomic E-state index is 0. The van der Waals surface area contributed by atoms with Crippen molar-refractivity contribution in [3.8, 4) is 0 Å². The van der Waals surface area contributed by atoms with Gasteiger partial charge < -0.3 is 30.0 Å². The van der Waals surface area contributed by atoms with E-state index in [1.54, 1.807) is 0 Å². The number of carbonyl (C=O) groups is 2. The second-order valence-corrected chi connectivity index (χ2v) is 2.87. The Labute approximate surface area is 225 Å². The molecule has 0 aromatic rings. The maximum Gasteiger partial charge on any atom is 1.00 e. The van der Waals surface area contributed by atoms with E-state index in [0.29, 0.717) is 0 Å². The molecule has 0 bridgehead atoms. The number of hydrogen-bond acceptors (Lipinski definition) is 7. The van der Waals surface area contributed by atoms with E-state index in [1.165, 1.54) is 0 Å². The standard InChI is InChI=1S/C6H8O6S.3K/c7-3(8)1-6(12,5(10)11)2-4(9)13;;;/h12H,1-2H2,(H,7,8)(H,9,13)(H,10,11);;;/q;3*+1/p-3. The molecular weight excluding hydrogens is 317 g/mol. The third kappa shape index (κ3) is 12.7. The van der Waals surface area contributed by atoms with Gasteiger partial charge in [0.15, 0.2) is 0 Å². The molecule has 0 heterocycles. The van der Waals surface area contributed by atoms with Gasteiger partial charge in [0.1, 0.15) is 5.60 Å². The van der Waals surface area contributed by atoms with Gasteiger partial charge in [0, 0.05) is 18.8 Å². The summed E-state index contributed by atoms with van der Waals surface area (Å²) < 4.78 is 0. The van der Waals surface area contributed by atoms with Crippen LogP contribution < -0.4 is 169 Å². The van der Waals surface area contributed by atoms with Crippen molar-refractivity contribution in [1.29, 1.82) is 0 Å². The van der Waals surface area contributed by atoms with Crippen LogP contribution in [-0.2, 0) is 9.59 Å². The van der Waals surface area contributed by atoms with Crippen molar-refractivity contribution in [2.24, 2.45) is 0 Å². The van der Waals surface area contributed by atoms with E-state index < -0.39 is 35.4 Å². The number of carbonyl (C=O) groups excluding carboxylic acids is 2. The SMILES string of the molecule is O=C([O-])CC(O)(CC([O-])=S)C(=O)[O-].[K+].[K+].[K+]. The smallest absolute Gasteiger partial charge is 0.867 e. The van der Waals surface area contributed by atoms with Gasteiger partial charge in [-0.2, -0.15) is 0 Å². The number of aliphatic carboxylic acids is 2. The molecule has 0 aliphatic rings. The summed E-state index contributed by atoms with van der Waals surface area (Å²) in [4.78, 5) is 20.2. The van der Waals surface area contributed by atoms with Crippen molar-refractivity contribution in [2.45, 2.75) is 18.4 Å². The number of rotatable bonds is 5. The number of carboxylic acid groups (broad SMARTS) is 2. The molecular formula is C6H5K3O6S. The Kier molecular flexibility index (Phi) is 23.9. The summed E-state index contributed by atoms with van der Waals surface area (Å²) in [6.45, 7) is 0. The Morgan fingerprint density at radius 2 is 1.44 bits per heavy atom. The minimum atomic E-state index is -2.77. The molecule has 10 heteroatoms. The number of thiocarbonyl (C=S) groups is 1. The molecule has 1 unspecified atom stereocenters. The first-order valence-corrected chi connectivity index (χ1v) is 3.52. The number of carboxylic acids is 2. The molecule has 6 nitrogen and oxygen atoms in total. The number of hydrogen-bond donors (Lipinski definition) is 1. The second kappa shape index (κ2) is 13.7. The van der Waals surface area contributed by atoms with Gasteiger partial charge in [-0.15, -0.1) is 12.2 Å². The molecule has 1 atom stereocenters. The van der Waals surface area contributed by atoms with Crippen LogP contribution in [0, 0.1) is 0 Å². The third-order valence-corrected chi connectivity index (χ3v) is 1.40. The largest absolute Gasteiger partial charge is 1.00 e. The van der Waals surface area contributed by atoms with Crippen LogP contribution in [0.1, 0.15) is 12.8 Å². The Hall–Kier alpha value is 3.70. The van der Waals surface area contributed by atoms with Crippen molar-refractivity contribution in [2.75, 3.05) is 0 Å². The fourth-order valence-electron chi connectivity index (χ4n) is 0.684. The molecule has 74 valence electrons. The zero-order valence-electron chi connectivity index (χ0n) is 9.31. The minimum Gasteiger partial charge on any atom is -0.867 e. The Morgan fingerprint density at radius 1 is 1.06 bits per heavy atom. The maximum absolute atomic E-state index is 10.3. The monoisotopic (exact) mass is 322 g/mol. The summed E-state index contributed by atoms with van der Waals surface area (Å²) >= 11 is 4.00. The first kappa shape index (κ1) is 27.9. The van der Waals surface area contributed by atoms with Gasteiger partial charge in [0.25, 0.3) is 0 Å². The van der Waals surface area contributed by atoms with Crippen molar-refractivity contribution < 1.29 is 184 Å². The summed E-state index contributed by atoms with van der Waals surface area (Å²) in [5.41, 5.74) is -2.77. The van der Waals surface area contributed by atoms with Crippen LogP contribution in [0.2, 0.25) is 0 Å². The molecule has 0 aliphatic carbocycles. The predicted octanol–water partition coefficient (Wildman–Crippen LogP) is -13.3. The van der Waals surface area contributed by atoms with Gasteiger partial charge in [-0.25, -0.2) is 0 Å². The van der Waals surface area contributed by atoms with Crippen LogP contribution in [0.5, 0.6) is 0 Å². The quantitative estimate of drug-likeness (QED) is 0.394. The molecule has 0 saturated heterocycles. The van der Waals surface area contributed by atoms with Gasteiger partial charge in [-0.1, -0.05) is 5.05 Å². The molecule has 0 saturated carbocycles. The Bertz CT molecular complexity index is 243. The van der Waals surface area contributed by atoms with Crippen molar-refractivity contribution in [3.05, 3.63) is 0 Å². The van der Waals surface area contributed by atoms with Crippen LogP contribution in [0.4, 0.5) is 0 Å². The van der Waals surface area contributed by atoms with Crippen molar-refractivity contribution >= 4 is 29.2 Å². The molecule has 0 fully saturated rings. The molecule has 0 aliphatic heterocycles. The van der Waals surface area contributed by atoms with Gasteiger partial charge in [-0.3, -0.25) is 0 Å². The first-order valence-electron chi connectivity index (χ1n) is 3.11. The third-order valence-electron chi connectivity index (χ3n) is 1.25. The average molecular weight is 322 g/mol. The van der Waals surface area contributed by atoms with Gasteiger partial charge in [0.05, 0.1) is 5.97 Å². The van der Waals surface area contributed by atoms with E-state index in [1.807, 2.05) is 0 Å². The van der Waals surface area contributed by atoms with E-state index in [2.05, 4.69) is 12.2 Å². The Balaban J connectivity index is -0.000000240. The molecule has 0 aromatic carbocycles. The van der Waals surface area contributed by atoms with E-state index in [9.17, 15) is 24.9 Å². The Morgan fingerprint density at radius 3 is 1.62 bits per heavy atom. The van der Waals surface area contributed by atoms with Crippen molar-refractivity contribution in [1.82, 2.24) is 0 Å². The average Bonchev–Trinajstić information content (AvgIpc) is 1.82. The second-order valence-electron chi connectivity index (χ2n) is 2.42. The summed E-state index contributed by atoms with van der Waals surface area (Å²) in [6.07, 6.45) is -2.21. The zero-order valence-corrected chi connectivity index (χ0v) is 19.5. The summed E-state index contributed by atoms with van der Waals surface area (Å²) in [5, 5.41) is 38.5. The topological polar surface area (TPSA) is 124 Å². The number of aliphatic hydroxyl groups is 1. The van der Waals surface area contributed by atoms with Crippen LogP contribution in [-0.4, -0.2) is 27.7 Å². The van der Waals surface area contributed by atoms with Gasteiger partial charge >= 0.3 is 154 Å². The molecule has 0 radical (unpaired) electrons. The van der Waals surface area contributed by atoms with Crippen LogP contribution >= 0.6 is 12.2 Å². The van der Waals surface area contributed by atoms with E-state index >= 15 is 0 Å².